The Morgan fingerprint density at radius 1 is 1.17 bits per heavy atom. The molecule has 2 aromatic rings. The molecule has 0 bridgehead atoms. The van der Waals surface area contributed by atoms with Crippen LogP contribution in [-0.2, 0) is 4.79 Å². The Morgan fingerprint density at radius 2 is 1.94 bits per heavy atom. The Hall–Kier alpha value is -2.42. The summed E-state index contributed by atoms with van der Waals surface area (Å²) in [5, 5.41) is 8.53. The molecule has 1 N–H and O–H groups in total. The Bertz CT molecular complexity index is 544. The molecule has 3 nitrogen and oxygen atoms in total. The van der Waals surface area contributed by atoms with Crippen molar-refractivity contribution in [1.82, 2.24) is 4.98 Å². The first-order valence-electron chi connectivity index (χ1n) is 5.64. The molecule has 0 amide bonds. The summed E-state index contributed by atoms with van der Waals surface area (Å²) in [6, 6.07) is 11.8. The van der Waals surface area contributed by atoms with Crippen molar-refractivity contribution in [2.24, 2.45) is 0 Å². The van der Waals surface area contributed by atoms with E-state index in [0.717, 1.165) is 16.7 Å². The third-order valence-electron chi connectivity index (χ3n) is 2.51. The lowest BCUT2D eigenvalue weighted by molar-refractivity contribution is -0.135. The highest BCUT2D eigenvalue weighted by molar-refractivity contribution is 5.71. The Kier molecular flexibility index (Phi) is 3.86. The van der Waals surface area contributed by atoms with Crippen molar-refractivity contribution in [3.63, 3.8) is 0 Å². The van der Waals surface area contributed by atoms with Gasteiger partial charge in [0.25, 0.3) is 0 Å². The average Bonchev–Trinajstić information content (AvgIpc) is 2.40. The summed E-state index contributed by atoms with van der Waals surface area (Å²) in [6.07, 6.45) is 7.05. The zero-order valence-electron chi connectivity index (χ0n) is 9.78. The highest BCUT2D eigenvalue weighted by Crippen LogP contribution is 2.18. The molecule has 0 atom stereocenters. The maximum absolute atomic E-state index is 10.4. The molecule has 0 unspecified atom stereocenters. The largest absolute Gasteiger partial charge is 0.481 e. The van der Waals surface area contributed by atoms with Crippen LogP contribution in [0.2, 0.25) is 0 Å². The number of carboxylic acid groups (broad SMARTS) is 1. The molecule has 0 aliphatic rings. The van der Waals surface area contributed by atoms with E-state index in [-0.39, 0.29) is 6.42 Å². The molecule has 90 valence electrons. The van der Waals surface area contributed by atoms with E-state index in [2.05, 4.69) is 4.98 Å². The van der Waals surface area contributed by atoms with Crippen LogP contribution in [0, 0.1) is 0 Å². The summed E-state index contributed by atoms with van der Waals surface area (Å²) < 4.78 is 0. The van der Waals surface area contributed by atoms with E-state index >= 15 is 0 Å². The van der Waals surface area contributed by atoms with Crippen LogP contribution in [-0.4, -0.2) is 16.1 Å². The van der Waals surface area contributed by atoms with Gasteiger partial charge >= 0.3 is 5.97 Å². The molecular weight excluding hydrogens is 226 g/mol. The number of hydrogen-bond donors (Lipinski definition) is 1. The maximum atomic E-state index is 10.4. The molecule has 1 aromatic heterocycles. The molecule has 0 fully saturated rings. The molecule has 0 saturated heterocycles. The second-order valence-electron chi connectivity index (χ2n) is 3.86. The lowest BCUT2D eigenvalue weighted by atomic mass is 10.1. The summed E-state index contributed by atoms with van der Waals surface area (Å²) in [6.45, 7) is 0. The van der Waals surface area contributed by atoms with Gasteiger partial charge in [0.05, 0.1) is 6.42 Å². The van der Waals surface area contributed by atoms with Crippen LogP contribution in [0.1, 0.15) is 12.0 Å². The lowest BCUT2D eigenvalue weighted by Crippen LogP contribution is -1.89. The second-order valence-corrected chi connectivity index (χ2v) is 3.86. The quantitative estimate of drug-likeness (QED) is 0.891. The van der Waals surface area contributed by atoms with E-state index < -0.39 is 5.97 Å². The number of rotatable bonds is 4. The number of hydrogen-bond acceptors (Lipinski definition) is 2. The fourth-order valence-corrected chi connectivity index (χ4v) is 1.62. The molecule has 0 aliphatic carbocycles. The van der Waals surface area contributed by atoms with E-state index in [9.17, 15) is 4.79 Å². The third kappa shape index (κ3) is 3.28. The van der Waals surface area contributed by atoms with Crippen LogP contribution >= 0.6 is 0 Å². The summed E-state index contributed by atoms with van der Waals surface area (Å²) in [4.78, 5) is 14.4. The molecular formula is C15H13NO2. The zero-order chi connectivity index (χ0) is 12.8. The van der Waals surface area contributed by atoms with Crippen LogP contribution in [0.4, 0.5) is 0 Å². The minimum absolute atomic E-state index is 0.0460. The first-order chi connectivity index (χ1) is 8.75. The number of benzene rings is 1. The van der Waals surface area contributed by atoms with Crippen molar-refractivity contribution in [1.29, 1.82) is 0 Å². The number of pyridine rings is 1. The number of carboxylic acids is 1. The maximum Gasteiger partial charge on any atom is 0.307 e. The van der Waals surface area contributed by atoms with Crippen molar-refractivity contribution in [2.75, 3.05) is 0 Å². The average molecular weight is 239 g/mol. The number of nitrogens with zero attached hydrogens (tertiary/aromatic N) is 1. The topological polar surface area (TPSA) is 50.2 Å². The number of carbonyl (C=O) groups is 1. The van der Waals surface area contributed by atoms with Gasteiger partial charge in [-0.15, -0.1) is 0 Å². The van der Waals surface area contributed by atoms with Crippen molar-refractivity contribution < 1.29 is 9.90 Å². The van der Waals surface area contributed by atoms with Gasteiger partial charge in [0.15, 0.2) is 0 Å². The molecule has 0 aliphatic heterocycles. The molecule has 3 heteroatoms. The Morgan fingerprint density at radius 3 is 2.56 bits per heavy atom. The Balaban J connectivity index is 2.11. The van der Waals surface area contributed by atoms with Gasteiger partial charge in [0, 0.05) is 12.4 Å². The van der Waals surface area contributed by atoms with Crippen LogP contribution in [0.15, 0.2) is 54.9 Å². The molecule has 2 rings (SSSR count). The molecule has 1 heterocycles. The zero-order valence-corrected chi connectivity index (χ0v) is 9.78. The number of aromatic nitrogens is 1. The van der Waals surface area contributed by atoms with Crippen LogP contribution in [0.25, 0.3) is 17.2 Å². The molecule has 0 radical (unpaired) electrons. The highest BCUT2D eigenvalue weighted by atomic mass is 16.4. The van der Waals surface area contributed by atoms with Crippen molar-refractivity contribution >= 4 is 12.0 Å². The first-order valence-corrected chi connectivity index (χ1v) is 5.64. The standard InChI is InChI=1S/C15H13NO2/c17-15(18)5-1-3-12-6-8-13(9-7-12)14-4-2-10-16-11-14/h1-4,6-11H,5H2,(H,17,18). The molecule has 1 aromatic carbocycles. The van der Waals surface area contributed by atoms with Crippen LogP contribution in [0.3, 0.4) is 0 Å². The van der Waals surface area contributed by atoms with E-state index in [1.54, 1.807) is 18.3 Å². The van der Waals surface area contributed by atoms with Gasteiger partial charge in [-0.3, -0.25) is 9.78 Å². The molecule has 0 saturated carbocycles. The fourth-order valence-electron chi connectivity index (χ4n) is 1.62. The second kappa shape index (κ2) is 5.77. The van der Waals surface area contributed by atoms with Gasteiger partial charge in [-0.2, -0.15) is 0 Å². The monoisotopic (exact) mass is 239 g/mol. The minimum atomic E-state index is -0.821. The van der Waals surface area contributed by atoms with E-state index in [1.807, 2.05) is 42.6 Å². The van der Waals surface area contributed by atoms with Gasteiger partial charge in [0.1, 0.15) is 0 Å². The summed E-state index contributed by atoms with van der Waals surface area (Å²) >= 11 is 0. The third-order valence-corrected chi connectivity index (χ3v) is 2.51. The van der Waals surface area contributed by atoms with Crippen LogP contribution in [0.5, 0.6) is 0 Å². The van der Waals surface area contributed by atoms with Gasteiger partial charge in [0.2, 0.25) is 0 Å². The van der Waals surface area contributed by atoms with Gasteiger partial charge in [-0.25, -0.2) is 0 Å². The smallest absolute Gasteiger partial charge is 0.307 e. The first kappa shape index (κ1) is 12.0. The Labute approximate surface area is 105 Å². The lowest BCUT2D eigenvalue weighted by Gasteiger charge is -2.01. The SMILES string of the molecule is O=C(O)CC=Cc1ccc(-c2cccnc2)cc1. The highest BCUT2D eigenvalue weighted by Gasteiger charge is 1.96. The fraction of sp³-hybridized carbons (Fsp3) is 0.0667. The van der Waals surface area contributed by atoms with Gasteiger partial charge in [-0.05, 0) is 22.8 Å². The van der Waals surface area contributed by atoms with Crippen molar-refractivity contribution in [3.05, 3.63) is 60.4 Å². The predicted octanol–water partition coefficient (Wildman–Crippen LogP) is 3.24. The van der Waals surface area contributed by atoms with E-state index in [4.69, 9.17) is 5.11 Å². The minimum Gasteiger partial charge on any atom is -0.481 e. The number of aliphatic carboxylic acids is 1. The summed E-state index contributed by atoms with van der Waals surface area (Å²) in [7, 11) is 0. The van der Waals surface area contributed by atoms with Crippen molar-refractivity contribution in [3.8, 4) is 11.1 Å². The summed E-state index contributed by atoms with van der Waals surface area (Å²) in [5.41, 5.74) is 3.15. The summed E-state index contributed by atoms with van der Waals surface area (Å²) in [5.74, 6) is -0.821. The van der Waals surface area contributed by atoms with E-state index in [1.165, 1.54) is 0 Å². The molecule has 0 spiro atoms. The molecule has 18 heavy (non-hydrogen) atoms. The van der Waals surface area contributed by atoms with Gasteiger partial charge < -0.3 is 5.11 Å². The predicted molar refractivity (Wildman–Crippen MR) is 71.0 cm³/mol. The normalized spacial score (nSPS) is 10.7. The van der Waals surface area contributed by atoms with Crippen LogP contribution < -0.4 is 0 Å². The van der Waals surface area contributed by atoms with Crippen molar-refractivity contribution in [2.45, 2.75) is 6.42 Å². The van der Waals surface area contributed by atoms with Gasteiger partial charge in [-0.1, -0.05) is 42.5 Å². The van der Waals surface area contributed by atoms with E-state index in [0.29, 0.717) is 0 Å².